The molecule has 9 atom stereocenters. The molecule has 3 nitrogen and oxygen atoms in total. The summed E-state index contributed by atoms with van der Waals surface area (Å²) in [7, 11) is -3.64. The predicted octanol–water partition coefficient (Wildman–Crippen LogP) is 3.69. The molecule has 0 aromatic heterocycles. The fourth-order valence-corrected chi connectivity index (χ4v) is 9.15. The molecule has 1 aromatic carbocycles. The lowest BCUT2D eigenvalue weighted by atomic mass is 9.70. The molecular formula is C18H19BrO3S. The van der Waals surface area contributed by atoms with Crippen molar-refractivity contribution in [3.05, 3.63) is 28.7 Å². The molecule has 5 heteroatoms. The Balaban J connectivity index is 1.29. The zero-order valence-electron chi connectivity index (χ0n) is 12.6. The van der Waals surface area contributed by atoms with Crippen LogP contribution in [0.2, 0.25) is 0 Å². The van der Waals surface area contributed by atoms with Gasteiger partial charge in [0.2, 0.25) is 0 Å². The Bertz CT molecular complexity index is 781. The Hall–Kier alpha value is -0.390. The maximum atomic E-state index is 12.6. The van der Waals surface area contributed by atoms with Crippen molar-refractivity contribution >= 4 is 26.0 Å². The highest BCUT2D eigenvalue weighted by molar-refractivity contribution is 9.10. The van der Waals surface area contributed by atoms with Gasteiger partial charge in [-0.2, -0.15) is 8.42 Å². The van der Waals surface area contributed by atoms with Crippen molar-refractivity contribution in [3.8, 4) is 0 Å². The second-order valence-corrected chi connectivity index (χ2v) is 10.7. The number of halogens is 1. The van der Waals surface area contributed by atoms with E-state index in [-0.39, 0.29) is 11.0 Å². The molecule has 6 aliphatic rings. The maximum absolute atomic E-state index is 12.6. The summed E-state index contributed by atoms with van der Waals surface area (Å²) in [6.45, 7) is 0. The Kier molecular flexibility index (Phi) is 2.54. The normalized spacial score (nSPS) is 51.3. The summed E-state index contributed by atoms with van der Waals surface area (Å²) < 4.78 is 31.9. The minimum absolute atomic E-state index is 0.0635. The van der Waals surface area contributed by atoms with Gasteiger partial charge in [0.1, 0.15) is 0 Å². The Labute approximate surface area is 145 Å². The lowest BCUT2D eigenvalue weighted by Gasteiger charge is -2.38. The molecule has 0 N–H and O–H groups in total. The molecule has 6 aliphatic carbocycles. The van der Waals surface area contributed by atoms with E-state index in [1.54, 1.807) is 24.3 Å². The van der Waals surface area contributed by atoms with Crippen LogP contribution in [0.3, 0.4) is 0 Å². The van der Waals surface area contributed by atoms with Crippen LogP contribution in [-0.4, -0.2) is 14.5 Å². The lowest BCUT2D eigenvalue weighted by Crippen LogP contribution is -2.37. The number of benzene rings is 1. The van der Waals surface area contributed by atoms with Gasteiger partial charge < -0.3 is 0 Å². The lowest BCUT2D eigenvalue weighted by molar-refractivity contribution is 0.0471. The van der Waals surface area contributed by atoms with Gasteiger partial charge in [-0.15, -0.1) is 0 Å². The molecule has 0 heterocycles. The van der Waals surface area contributed by atoms with Crippen LogP contribution in [-0.2, 0) is 14.3 Å². The monoisotopic (exact) mass is 394 g/mol. The molecule has 8 bridgehead atoms. The molecule has 0 radical (unpaired) electrons. The molecular weight excluding hydrogens is 376 g/mol. The topological polar surface area (TPSA) is 43.4 Å². The molecule has 0 spiro atoms. The average Bonchev–Trinajstić information content (AvgIpc) is 3.28. The molecule has 6 fully saturated rings. The quantitative estimate of drug-likeness (QED) is 0.734. The summed E-state index contributed by atoms with van der Waals surface area (Å²) in [6, 6.07) is 6.77. The summed E-state index contributed by atoms with van der Waals surface area (Å²) >= 11 is 3.35. The van der Waals surface area contributed by atoms with E-state index in [9.17, 15) is 8.42 Å². The maximum Gasteiger partial charge on any atom is 0.297 e. The van der Waals surface area contributed by atoms with Gasteiger partial charge in [0.15, 0.2) is 0 Å². The van der Waals surface area contributed by atoms with Crippen LogP contribution in [0, 0.1) is 47.3 Å². The van der Waals surface area contributed by atoms with E-state index in [0.717, 1.165) is 52.3 Å². The third-order valence-corrected chi connectivity index (χ3v) is 9.74. The molecule has 7 rings (SSSR count). The van der Waals surface area contributed by atoms with Crippen LogP contribution in [0.4, 0.5) is 0 Å². The Morgan fingerprint density at radius 1 is 0.870 bits per heavy atom. The van der Waals surface area contributed by atoms with Crippen molar-refractivity contribution in [2.75, 3.05) is 0 Å². The zero-order chi connectivity index (χ0) is 15.5. The van der Waals surface area contributed by atoms with Gasteiger partial charge in [0.25, 0.3) is 10.1 Å². The number of rotatable bonds is 3. The highest BCUT2D eigenvalue weighted by Gasteiger charge is 2.79. The third-order valence-electron chi connectivity index (χ3n) is 7.86. The van der Waals surface area contributed by atoms with Crippen molar-refractivity contribution in [3.63, 3.8) is 0 Å². The van der Waals surface area contributed by atoms with E-state index < -0.39 is 10.1 Å². The van der Waals surface area contributed by atoms with E-state index in [1.807, 2.05) is 0 Å². The van der Waals surface area contributed by atoms with Gasteiger partial charge in [0, 0.05) is 4.47 Å². The van der Waals surface area contributed by atoms with Gasteiger partial charge in [0.05, 0.1) is 11.0 Å². The first kappa shape index (κ1) is 13.9. The van der Waals surface area contributed by atoms with Gasteiger partial charge in [-0.25, -0.2) is 0 Å². The molecule has 6 saturated carbocycles. The van der Waals surface area contributed by atoms with Gasteiger partial charge >= 0.3 is 0 Å². The third kappa shape index (κ3) is 1.53. The van der Waals surface area contributed by atoms with E-state index >= 15 is 0 Å². The smallest absolute Gasteiger partial charge is 0.263 e. The summed E-state index contributed by atoms with van der Waals surface area (Å²) in [5.74, 6) is 6.59. The summed E-state index contributed by atoms with van der Waals surface area (Å²) in [4.78, 5) is 0.280. The molecule has 122 valence electrons. The van der Waals surface area contributed by atoms with Crippen molar-refractivity contribution in [1.29, 1.82) is 0 Å². The summed E-state index contributed by atoms with van der Waals surface area (Å²) in [5, 5.41) is 0. The van der Waals surface area contributed by atoms with Crippen molar-refractivity contribution in [2.45, 2.75) is 30.3 Å². The SMILES string of the molecule is O=S(=O)(OC1CC2C3C4CCC5C4C2C1C53)c1ccc(Br)cc1. The highest BCUT2D eigenvalue weighted by Crippen LogP contribution is 2.82. The first-order valence-corrected chi connectivity index (χ1v) is 11.0. The Morgan fingerprint density at radius 3 is 2.22 bits per heavy atom. The Morgan fingerprint density at radius 2 is 1.48 bits per heavy atom. The molecule has 9 unspecified atom stereocenters. The average molecular weight is 395 g/mol. The largest absolute Gasteiger partial charge is 0.297 e. The van der Waals surface area contributed by atoms with Crippen LogP contribution in [0.1, 0.15) is 19.3 Å². The zero-order valence-corrected chi connectivity index (χ0v) is 15.0. The van der Waals surface area contributed by atoms with Crippen LogP contribution in [0.5, 0.6) is 0 Å². The second-order valence-electron chi connectivity index (χ2n) is 8.23. The molecule has 0 amide bonds. The van der Waals surface area contributed by atoms with Gasteiger partial charge in [-0.3, -0.25) is 4.18 Å². The number of hydrogen-bond donors (Lipinski definition) is 0. The minimum atomic E-state index is -3.64. The van der Waals surface area contributed by atoms with Crippen LogP contribution < -0.4 is 0 Å². The number of hydrogen-bond acceptors (Lipinski definition) is 3. The molecule has 0 saturated heterocycles. The van der Waals surface area contributed by atoms with Crippen molar-refractivity contribution in [2.24, 2.45) is 47.3 Å². The first-order valence-electron chi connectivity index (χ1n) is 8.75. The van der Waals surface area contributed by atoms with Crippen molar-refractivity contribution in [1.82, 2.24) is 0 Å². The highest BCUT2D eigenvalue weighted by atomic mass is 79.9. The molecule has 0 aliphatic heterocycles. The molecule has 1 aromatic rings. The van der Waals surface area contributed by atoms with E-state index in [0.29, 0.717) is 5.92 Å². The second kappa shape index (κ2) is 4.23. The minimum Gasteiger partial charge on any atom is -0.263 e. The van der Waals surface area contributed by atoms with Crippen LogP contribution >= 0.6 is 15.9 Å². The van der Waals surface area contributed by atoms with Gasteiger partial charge in [-0.05, 0) is 90.9 Å². The van der Waals surface area contributed by atoms with E-state index in [4.69, 9.17) is 4.18 Å². The molecule has 23 heavy (non-hydrogen) atoms. The van der Waals surface area contributed by atoms with E-state index in [2.05, 4.69) is 15.9 Å². The van der Waals surface area contributed by atoms with Crippen LogP contribution in [0.15, 0.2) is 33.6 Å². The predicted molar refractivity (Wildman–Crippen MR) is 88.0 cm³/mol. The standard InChI is InChI=1S/C18H19BrO3S/c19-8-1-3-9(4-2-8)23(20,21)22-13-7-12-15-10-5-6-11-14(10)17(12)18(13)16(11)15/h1-4,10-18H,5-7H2. The fourth-order valence-electron chi connectivity index (χ4n) is 7.77. The summed E-state index contributed by atoms with van der Waals surface area (Å²) in [6.07, 6.45) is 3.75. The van der Waals surface area contributed by atoms with Gasteiger partial charge in [-0.1, -0.05) is 15.9 Å². The summed E-state index contributed by atoms with van der Waals surface area (Å²) in [5.41, 5.74) is 0. The van der Waals surface area contributed by atoms with E-state index in [1.165, 1.54) is 12.8 Å². The van der Waals surface area contributed by atoms with Crippen molar-refractivity contribution < 1.29 is 12.6 Å². The fraction of sp³-hybridized carbons (Fsp3) is 0.667. The van der Waals surface area contributed by atoms with Crippen LogP contribution in [0.25, 0.3) is 0 Å². The first-order chi connectivity index (χ1) is 11.1.